The summed E-state index contributed by atoms with van der Waals surface area (Å²) in [6.45, 7) is 3.54. The van der Waals surface area contributed by atoms with Crippen LogP contribution in [0.4, 0.5) is 5.69 Å². The van der Waals surface area contributed by atoms with Crippen molar-refractivity contribution in [3.05, 3.63) is 40.0 Å². The van der Waals surface area contributed by atoms with E-state index >= 15 is 0 Å². The molecule has 2 N–H and O–H groups in total. The van der Waals surface area contributed by atoms with Gasteiger partial charge in [-0.3, -0.25) is 4.79 Å². The lowest BCUT2D eigenvalue weighted by Gasteiger charge is -2.07. The number of rotatable bonds is 8. The minimum atomic E-state index is -0.463. The summed E-state index contributed by atoms with van der Waals surface area (Å²) in [4.78, 5) is 11.8. The van der Waals surface area contributed by atoms with Crippen LogP contribution < -0.4 is 10.6 Å². The highest BCUT2D eigenvalue weighted by Gasteiger charge is 2.09. The fraction of sp³-hybridized carbons (Fsp3) is 0.333. The van der Waals surface area contributed by atoms with Gasteiger partial charge in [0.15, 0.2) is 0 Å². The van der Waals surface area contributed by atoms with Gasteiger partial charge in [-0.1, -0.05) is 29.3 Å². The molecule has 5 nitrogen and oxygen atoms in total. The van der Waals surface area contributed by atoms with Crippen LogP contribution in [0.15, 0.2) is 30.0 Å². The molecule has 0 heterocycles. The van der Waals surface area contributed by atoms with E-state index in [4.69, 9.17) is 33.2 Å². The van der Waals surface area contributed by atoms with E-state index in [1.54, 1.807) is 18.2 Å². The van der Waals surface area contributed by atoms with Crippen LogP contribution in [-0.4, -0.2) is 25.7 Å². The molecule has 1 aromatic carbocycles. The Kier molecular flexibility index (Phi) is 8.38. The van der Waals surface area contributed by atoms with Crippen molar-refractivity contribution in [3.63, 3.8) is 0 Å². The topological polar surface area (TPSA) is 74.1 Å². The maximum atomic E-state index is 11.8. The summed E-state index contributed by atoms with van der Waals surface area (Å²) in [6, 6.07) is 6.85. The van der Waals surface area contributed by atoms with Gasteiger partial charge in [-0.15, -0.1) is 0 Å². The Morgan fingerprint density at radius 3 is 2.68 bits per heavy atom. The maximum absolute atomic E-state index is 11.8. The summed E-state index contributed by atoms with van der Waals surface area (Å²) in [5.74, 6) is -0.463. The Morgan fingerprint density at radius 1 is 1.41 bits per heavy atom. The largest absolute Gasteiger partial charge is 0.382 e. The summed E-state index contributed by atoms with van der Waals surface area (Å²) < 4.78 is 5.16. The van der Waals surface area contributed by atoms with Gasteiger partial charge in [0.05, 0.1) is 15.7 Å². The zero-order valence-electron chi connectivity index (χ0n) is 12.2. The van der Waals surface area contributed by atoms with Crippen molar-refractivity contribution in [1.29, 1.82) is 5.26 Å². The van der Waals surface area contributed by atoms with E-state index in [-0.39, 0.29) is 5.57 Å². The van der Waals surface area contributed by atoms with E-state index in [2.05, 4.69) is 10.6 Å². The molecule has 0 saturated carbocycles. The van der Waals surface area contributed by atoms with E-state index in [1.807, 2.05) is 13.0 Å². The molecule has 22 heavy (non-hydrogen) atoms. The molecule has 0 atom stereocenters. The molecule has 0 aliphatic heterocycles. The van der Waals surface area contributed by atoms with Crippen LogP contribution in [0, 0.1) is 11.3 Å². The van der Waals surface area contributed by atoms with Gasteiger partial charge in [0.2, 0.25) is 0 Å². The maximum Gasteiger partial charge on any atom is 0.263 e. The van der Waals surface area contributed by atoms with Crippen molar-refractivity contribution in [2.75, 3.05) is 25.1 Å². The molecule has 1 amide bonds. The average molecular weight is 342 g/mol. The molecule has 0 aromatic heterocycles. The van der Waals surface area contributed by atoms with Crippen LogP contribution in [0.5, 0.6) is 0 Å². The smallest absolute Gasteiger partial charge is 0.263 e. The highest BCUT2D eigenvalue weighted by Crippen LogP contribution is 2.29. The third-order valence-corrected chi connectivity index (χ3v) is 3.27. The minimum Gasteiger partial charge on any atom is -0.382 e. The number of para-hydroxylation sites is 1. The standard InChI is InChI=1S/C15H17Cl2N3O2/c1-2-22-8-4-7-19-15(21)11(9-18)10-20-14-12(16)5-3-6-13(14)17/h3,5-6,10,20H,2,4,7-8H2,1H3,(H,19,21)/b11-10-. The number of ether oxygens (including phenoxy) is 1. The molecule has 0 unspecified atom stereocenters. The highest BCUT2D eigenvalue weighted by molar-refractivity contribution is 6.39. The molecule has 118 valence electrons. The lowest BCUT2D eigenvalue weighted by atomic mass is 10.2. The number of hydrogen-bond donors (Lipinski definition) is 2. The summed E-state index contributed by atoms with van der Waals surface area (Å²) >= 11 is 12.0. The van der Waals surface area contributed by atoms with E-state index in [0.717, 1.165) is 0 Å². The molecule has 1 aromatic rings. The van der Waals surface area contributed by atoms with Crippen LogP contribution >= 0.6 is 23.2 Å². The van der Waals surface area contributed by atoms with Crippen molar-refractivity contribution >= 4 is 34.8 Å². The Morgan fingerprint density at radius 2 is 2.09 bits per heavy atom. The van der Waals surface area contributed by atoms with Crippen LogP contribution in [0.2, 0.25) is 10.0 Å². The van der Waals surface area contributed by atoms with Crippen LogP contribution in [0.1, 0.15) is 13.3 Å². The lowest BCUT2D eigenvalue weighted by molar-refractivity contribution is -0.117. The quantitative estimate of drug-likeness (QED) is 0.432. The first-order chi connectivity index (χ1) is 10.6. The molecule has 0 fully saturated rings. The normalized spacial score (nSPS) is 10.9. The van der Waals surface area contributed by atoms with Crippen molar-refractivity contribution in [2.45, 2.75) is 13.3 Å². The van der Waals surface area contributed by atoms with Gasteiger partial charge < -0.3 is 15.4 Å². The van der Waals surface area contributed by atoms with E-state index in [0.29, 0.717) is 41.9 Å². The Balaban J connectivity index is 2.60. The molecule has 0 bridgehead atoms. The third-order valence-electron chi connectivity index (χ3n) is 2.64. The highest BCUT2D eigenvalue weighted by atomic mass is 35.5. The van der Waals surface area contributed by atoms with Crippen molar-refractivity contribution < 1.29 is 9.53 Å². The third kappa shape index (κ3) is 5.94. The van der Waals surface area contributed by atoms with E-state index in [9.17, 15) is 4.79 Å². The first-order valence-electron chi connectivity index (χ1n) is 6.77. The number of hydrogen-bond acceptors (Lipinski definition) is 4. The first kappa shape index (κ1) is 18.3. The summed E-state index contributed by atoms with van der Waals surface area (Å²) in [7, 11) is 0. The predicted molar refractivity (Wildman–Crippen MR) is 87.9 cm³/mol. The van der Waals surface area contributed by atoms with Crippen LogP contribution in [0.3, 0.4) is 0 Å². The number of nitrogens with one attached hydrogen (secondary N) is 2. The molecule has 1 rings (SSSR count). The number of benzene rings is 1. The fourth-order valence-electron chi connectivity index (χ4n) is 1.54. The molecular formula is C15H17Cl2N3O2. The van der Waals surface area contributed by atoms with Gasteiger partial charge in [-0.25, -0.2) is 0 Å². The van der Waals surface area contributed by atoms with Crippen molar-refractivity contribution in [2.24, 2.45) is 0 Å². The zero-order chi connectivity index (χ0) is 16.4. The van der Waals surface area contributed by atoms with E-state index < -0.39 is 5.91 Å². The number of carbonyl (C=O) groups excluding carboxylic acids is 1. The van der Waals surface area contributed by atoms with Gasteiger partial charge in [0.1, 0.15) is 11.6 Å². The number of nitriles is 1. The predicted octanol–water partition coefficient (Wildman–Crippen LogP) is 3.36. The van der Waals surface area contributed by atoms with Crippen molar-refractivity contribution in [1.82, 2.24) is 5.32 Å². The number of halogens is 2. The van der Waals surface area contributed by atoms with Gasteiger partial charge in [-0.2, -0.15) is 5.26 Å². The van der Waals surface area contributed by atoms with Crippen molar-refractivity contribution in [3.8, 4) is 6.07 Å². The fourth-order valence-corrected chi connectivity index (χ4v) is 2.05. The first-order valence-corrected chi connectivity index (χ1v) is 7.52. The lowest BCUT2D eigenvalue weighted by Crippen LogP contribution is -2.26. The molecule has 7 heteroatoms. The number of nitrogens with zero attached hydrogens (tertiary/aromatic N) is 1. The van der Waals surface area contributed by atoms with E-state index in [1.165, 1.54) is 6.20 Å². The molecule has 0 spiro atoms. The zero-order valence-corrected chi connectivity index (χ0v) is 13.7. The number of anilines is 1. The Bertz CT molecular complexity index is 562. The Hall–Kier alpha value is -1.74. The second kappa shape index (κ2) is 10.1. The van der Waals surface area contributed by atoms with Gasteiger partial charge >= 0.3 is 0 Å². The van der Waals surface area contributed by atoms with Gasteiger partial charge in [-0.05, 0) is 25.5 Å². The number of carbonyl (C=O) groups is 1. The monoisotopic (exact) mass is 341 g/mol. The van der Waals surface area contributed by atoms with Crippen LogP contribution in [0.25, 0.3) is 0 Å². The van der Waals surface area contributed by atoms with Gasteiger partial charge in [0, 0.05) is 26.0 Å². The molecular weight excluding hydrogens is 325 g/mol. The van der Waals surface area contributed by atoms with Gasteiger partial charge in [0.25, 0.3) is 5.91 Å². The average Bonchev–Trinajstić information content (AvgIpc) is 2.50. The Labute approximate surface area is 139 Å². The summed E-state index contributed by atoms with van der Waals surface area (Å²) in [5, 5.41) is 15.3. The number of amides is 1. The second-order valence-corrected chi connectivity index (χ2v) is 5.03. The minimum absolute atomic E-state index is 0.0626. The molecule has 0 saturated heterocycles. The summed E-state index contributed by atoms with van der Waals surface area (Å²) in [6.07, 6.45) is 1.97. The molecule has 0 radical (unpaired) electrons. The molecule has 0 aliphatic rings. The summed E-state index contributed by atoms with van der Waals surface area (Å²) in [5.41, 5.74) is 0.384. The SMILES string of the molecule is CCOCCCNC(=O)/C(C#N)=C\Nc1c(Cl)cccc1Cl. The molecule has 0 aliphatic carbocycles. The van der Waals surface area contributed by atoms with Crippen LogP contribution in [-0.2, 0) is 9.53 Å². The second-order valence-electron chi connectivity index (χ2n) is 4.22.